The Hall–Kier alpha value is -2.07. The molecule has 23 heavy (non-hydrogen) atoms. The first-order valence-corrected chi connectivity index (χ1v) is 8.05. The lowest BCUT2D eigenvalue weighted by atomic mass is 9.74. The largest absolute Gasteiger partial charge is 0.459 e. The zero-order chi connectivity index (χ0) is 16.4. The lowest BCUT2D eigenvalue weighted by Gasteiger charge is -2.43. The number of carbonyl (C=O) groups excluding carboxylic acids is 2. The predicted molar refractivity (Wildman–Crippen MR) is 87.4 cm³/mol. The summed E-state index contributed by atoms with van der Waals surface area (Å²) < 4.78 is 5.22. The van der Waals surface area contributed by atoms with E-state index in [-0.39, 0.29) is 17.5 Å². The highest BCUT2D eigenvalue weighted by atomic mass is 35.5. The normalized spacial score (nSPS) is 21.2. The quantitative estimate of drug-likeness (QED) is 0.852. The van der Waals surface area contributed by atoms with E-state index in [0.29, 0.717) is 23.4 Å². The highest BCUT2D eigenvalue weighted by Gasteiger charge is 2.48. The second kappa shape index (κ2) is 6.20. The van der Waals surface area contributed by atoms with Crippen LogP contribution in [0.3, 0.4) is 0 Å². The summed E-state index contributed by atoms with van der Waals surface area (Å²) in [6.07, 6.45) is 4.17. The third-order valence-corrected chi connectivity index (χ3v) is 4.91. The highest BCUT2D eigenvalue weighted by Crippen LogP contribution is 2.42. The van der Waals surface area contributed by atoms with Crippen molar-refractivity contribution < 1.29 is 14.0 Å². The topological polar surface area (TPSA) is 50.5 Å². The van der Waals surface area contributed by atoms with Crippen LogP contribution in [0.4, 0.5) is 0 Å². The lowest BCUT2D eigenvalue weighted by molar-refractivity contribution is -0.132. The molecule has 0 bridgehead atoms. The molecule has 120 valence electrons. The van der Waals surface area contributed by atoms with Crippen LogP contribution in [0.15, 0.2) is 47.1 Å². The summed E-state index contributed by atoms with van der Waals surface area (Å²) in [5.41, 5.74) is -0.339. The van der Waals surface area contributed by atoms with Crippen molar-refractivity contribution in [2.24, 2.45) is 0 Å². The Bertz CT molecular complexity index is 726. The van der Waals surface area contributed by atoms with Gasteiger partial charge in [0.25, 0.3) is 5.91 Å². The van der Waals surface area contributed by atoms with E-state index in [2.05, 4.69) is 0 Å². The van der Waals surface area contributed by atoms with Crippen LogP contribution < -0.4 is 0 Å². The summed E-state index contributed by atoms with van der Waals surface area (Å²) in [5, 5.41) is 0.502. The molecule has 1 aromatic heterocycles. The number of rotatable bonds is 3. The molecule has 1 saturated carbocycles. The van der Waals surface area contributed by atoms with Crippen molar-refractivity contribution in [3.63, 3.8) is 0 Å². The molecule has 4 nitrogen and oxygen atoms in total. The van der Waals surface area contributed by atoms with Gasteiger partial charge in [-0.15, -0.1) is 0 Å². The molecular weight excluding hydrogens is 314 g/mol. The second-order valence-electron chi connectivity index (χ2n) is 5.81. The maximum atomic E-state index is 12.9. The van der Waals surface area contributed by atoms with Crippen molar-refractivity contribution in [2.45, 2.75) is 31.2 Å². The molecule has 0 saturated heterocycles. The maximum absolute atomic E-state index is 12.9. The minimum atomic E-state index is -1.03. The van der Waals surface area contributed by atoms with Crippen LogP contribution in [-0.4, -0.2) is 23.6 Å². The second-order valence-corrected chi connectivity index (χ2v) is 6.22. The van der Waals surface area contributed by atoms with E-state index in [4.69, 9.17) is 16.0 Å². The van der Waals surface area contributed by atoms with Gasteiger partial charge in [-0.25, -0.2) is 0 Å². The number of benzene rings is 1. The van der Waals surface area contributed by atoms with Gasteiger partial charge >= 0.3 is 0 Å². The Morgan fingerprint density at radius 1 is 1.22 bits per heavy atom. The molecule has 2 aromatic rings. The van der Waals surface area contributed by atoms with Crippen molar-refractivity contribution >= 4 is 23.3 Å². The first-order valence-electron chi connectivity index (χ1n) is 7.67. The summed E-state index contributed by atoms with van der Waals surface area (Å²) in [6.45, 7) is 0. The molecule has 1 fully saturated rings. The Morgan fingerprint density at radius 2 is 2.00 bits per heavy atom. The van der Waals surface area contributed by atoms with Gasteiger partial charge in [-0.1, -0.05) is 29.8 Å². The van der Waals surface area contributed by atoms with E-state index in [1.54, 1.807) is 25.2 Å². The van der Waals surface area contributed by atoms with Crippen LogP contribution in [0.25, 0.3) is 0 Å². The number of Topliss-reactive ketones (excluding diaryl/α,β-unsaturated/α-hetero) is 1. The molecule has 0 radical (unpaired) electrons. The number of nitrogens with zero attached hydrogens (tertiary/aromatic N) is 1. The number of ketones is 1. The van der Waals surface area contributed by atoms with Crippen LogP contribution in [0, 0.1) is 0 Å². The van der Waals surface area contributed by atoms with Crippen LogP contribution in [0.1, 0.15) is 41.8 Å². The summed E-state index contributed by atoms with van der Waals surface area (Å²) in [7, 11) is 1.65. The number of hydrogen-bond donors (Lipinski definition) is 0. The first kappa shape index (κ1) is 15.8. The summed E-state index contributed by atoms with van der Waals surface area (Å²) in [5.74, 6) is -0.0678. The van der Waals surface area contributed by atoms with Gasteiger partial charge in [-0.05, 0) is 37.5 Å². The Morgan fingerprint density at radius 3 is 2.65 bits per heavy atom. The van der Waals surface area contributed by atoms with Crippen LogP contribution in [-0.2, 0) is 10.3 Å². The first-order chi connectivity index (χ1) is 11.1. The van der Waals surface area contributed by atoms with E-state index in [1.165, 1.54) is 11.2 Å². The molecule has 1 amide bonds. The number of likely N-dealkylation sites (N-methyl/N-ethyl adjacent to an activating group) is 1. The molecule has 1 atom stereocenters. The fourth-order valence-corrected chi connectivity index (χ4v) is 3.66. The summed E-state index contributed by atoms with van der Waals surface area (Å²) >= 11 is 6.37. The number of halogens is 1. The van der Waals surface area contributed by atoms with Crippen LogP contribution >= 0.6 is 11.6 Å². The third kappa shape index (κ3) is 2.57. The van der Waals surface area contributed by atoms with Gasteiger partial charge in [0.1, 0.15) is 5.54 Å². The van der Waals surface area contributed by atoms with Gasteiger partial charge in [0.2, 0.25) is 0 Å². The van der Waals surface area contributed by atoms with Gasteiger partial charge in [0.05, 0.1) is 6.26 Å². The van der Waals surface area contributed by atoms with Crippen LogP contribution in [0.2, 0.25) is 5.02 Å². The Kier molecular flexibility index (Phi) is 4.26. The fourth-order valence-electron chi connectivity index (χ4n) is 3.37. The van der Waals surface area contributed by atoms with Crippen molar-refractivity contribution in [2.75, 3.05) is 7.05 Å². The minimum absolute atomic E-state index is 0.0271. The lowest BCUT2D eigenvalue weighted by Crippen LogP contribution is -2.54. The van der Waals surface area contributed by atoms with E-state index in [1.807, 2.05) is 18.2 Å². The van der Waals surface area contributed by atoms with E-state index in [9.17, 15) is 9.59 Å². The standard InChI is InChI=1S/C18H18ClNO3/c1-20(17(22)15-9-6-12-23-15)18(11-5-4-10-16(18)21)13-7-2-3-8-14(13)19/h2-3,6-9,12H,4-5,10-11H2,1H3/t18-/m1/s1. The molecule has 3 rings (SSSR count). The molecule has 0 spiro atoms. The molecule has 1 aliphatic carbocycles. The molecule has 1 aliphatic rings. The smallest absolute Gasteiger partial charge is 0.290 e. The van der Waals surface area contributed by atoms with E-state index < -0.39 is 5.54 Å². The van der Waals surface area contributed by atoms with E-state index >= 15 is 0 Å². The van der Waals surface area contributed by atoms with Crippen molar-refractivity contribution in [1.82, 2.24) is 4.90 Å². The van der Waals surface area contributed by atoms with Gasteiger partial charge in [-0.3, -0.25) is 9.59 Å². The van der Waals surface area contributed by atoms with Crippen molar-refractivity contribution in [3.05, 3.63) is 59.0 Å². The predicted octanol–water partition coefficient (Wildman–Crippen LogP) is 4.04. The van der Waals surface area contributed by atoms with Crippen LogP contribution in [0.5, 0.6) is 0 Å². The van der Waals surface area contributed by atoms with Gasteiger partial charge in [0.15, 0.2) is 11.5 Å². The Labute approximate surface area is 140 Å². The summed E-state index contributed by atoms with van der Waals surface area (Å²) in [6, 6.07) is 10.5. The fraction of sp³-hybridized carbons (Fsp3) is 0.333. The van der Waals surface area contributed by atoms with Crippen molar-refractivity contribution in [3.8, 4) is 0 Å². The maximum Gasteiger partial charge on any atom is 0.290 e. The molecule has 0 N–H and O–H groups in total. The van der Waals surface area contributed by atoms with Gasteiger partial charge in [-0.2, -0.15) is 0 Å². The number of carbonyl (C=O) groups is 2. The van der Waals surface area contributed by atoms with Gasteiger partial charge in [0, 0.05) is 24.1 Å². The molecule has 1 aromatic carbocycles. The van der Waals surface area contributed by atoms with Gasteiger partial charge < -0.3 is 9.32 Å². The zero-order valence-corrected chi connectivity index (χ0v) is 13.7. The highest BCUT2D eigenvalue weighted by molar-refractivity contribution is 6.31. The molecule has 1 heterocycles. The monoisotopic (exact) mass is 331 g/mol. The molecule has 0 aliphatic heterocycles. The molecule has 5 heteroatoms. The Balaban J connectivity index is 2.11. The number of amides is 1. The van der Waals surface area contributed by atoms with Crippen molar-refractivity contribution in [1.29, 1.82) is 0 Å². The van der Waals surface area contributed by atoms with E-state index in [0.717, 1.165) is 12.8 Å². The SMILES string of the molecule is CN(C(=O)c1ccco1)[C@@]1(c2ccccc2Cl)CCCCC1=O. The summed E-state index contributed by atoms with van der Waals surface area (Å²) in [4.78, 5) is 27.2. The zero-order valence-electron chi connectivity index (χ0n) is 12.9. The number of hydrogen-bond acceptors (Lipinski definition) is 3. The average Bonchev–Trinajstić information content (AvgIpc) is 3.09. The minimum Gasteiger partial charge on any atom is -0.459 e. The third-order valence-electron chi connectivity index (χ3n) is 4.58. The molecular formula is C18H18ClNO3. The average molecular weight is 332 g/mol. The number of furan rings is 1. The molecule has 0 unspecified atom stereocenters.